The van der Waals surface area contributed by atoms with Crippen LogP contribution in [0.4, 0.5) is 0 Å². The zero-order chi connectivity index (χ0) is 36.4. The Kier molecular flexibility index (Phi) is 7.27. The second-order valence-electron chi connectivity index (χ2n) is 14.8. The van der Waals surface area contributed by atoms with E-state index in [1.807, 2.05) is 54.7 Å². The Morgan fingerprint density at radius 1 is 0.463 bits per heavy atom. The van der Waals surface area contributed by atoms with E-state index in [0.29, 0.717) is 17.5 Å². The van der Waals surface area contributed by atoms with Crippen molar-refractivity contribution < 1.29 is 4.42 Å². The smallest absolute Gasteiger partial charge is 0.167 e. The van der Waals surface area contributed by atoms with Crippen LogP contribution in [-0.2, 0) is 5.41 Å². The van der Waals surface area contributed by atoms with Crippen molar-refractivity contribution in [3.63, 3.8) is 0 Å². The van der Waals surface area contributed by atoms with Crippen molar-refractivity contribution in [2.24, 2.45) is 0 Å². The lowest BCUT2D eigenvalue weighted by atomic mass is 9.87. The Morgan fingerprint density at radius 3 is 1.87 bits per heavy atom. The number of fused-ring (bicyclic) bond motifs is 6. The van der Waals surface area contributed by atoms with E-state index in [1.54, 1.807) is 0 Å². The van der Waals surface area contributed by atoms with Crippen LogP contribution in [0.15, 0.2) is 162 Å². The molecule has 0 saturated heterocycles. The quantitative estimate of drug-likeness (QED) is 0.179. The van der Waals surface area contributed by atoms with Gasteiger partial charge in [-0.1, -0.05) is 124 Å². The molecule has 10 aromatic rings. The summed E-state index contributed by atoms with van der Waals surface area (Å²) in [5, 5.41) is 4.51. The number of nitrogens with zero attached hydrogens (tertiary/aromatic N) is 5. The number of rotatable bonds is 5. The minimum Gasteiger partial charge on any atom is -0.456 e. The van der Waals surface area contributed by atoms with Crippen LogP contribution in [0.3, 0.4) is 0 Å². The molecule has 0 aliphatic heterocycles. The van der Waals surface area contributed by atoms with E-state index in [-0.39, 0.29) is 5.41 Å². The Labute approximate surface area is 312 Å². The van der Waals surface area contributed by atoms with Crippen LogP contribution in [0.5, 0.6) is 0 Å². The van der Waals surface area contributed by atoms with Gasteiger partial charge in [-0.3, -0.25) is 4.57 Å². The SMILES string of the molecule is CC(C)(C)c1ccc(-c2nc(-c3ccccc3)nc(-c3cccnc3-n3c4ccccc4c4cc(-c5ccc6c(c5)oc5ccccc56)ccc43)n2)cc1. The first-order valence-corrected chi connectivity index (χ1v) is 18.2. The average Bonchev–Trinajstić information content (AvgIpc) is 3.75. The third kappa shape index (κ3) is 5.34. The van der Waals surface area contributed by atoms with E-state index in [4.69, 9.17) is 24.4 Å². The predicted molar refractivity (Wildman–Crippen MR) is 220 cm³/mol. The van der Waals surface area contributed by atoms with Crippen LogP contribution >= 0.6 is 0 Å². The number of hydrogen-bond acceptors (Lipinski definition) is 5. The lowest BCUT2D eigenvalue weighted by Gasteiger charge is -2.19. The van der Waals surface area contributed by atoms with Gasteiger partial charge in [-0.05, 0) is 70.6 Å². The highest BCUT2D eigenvalue weighted by atomic mass is 16.3. The predicted octanol–water partition coefficient (Wildman–Crippen LogP) is 12.2. The number of pyridine rings is 1. The first kappa shape index (κ1) is 31.8. The molecule has 0 saturated carbocycles. The number of aromatic nitrogens is 5. The zero-order valence-corrected chi connectivity index (χ0v) is 30.2. The lowest BCUT2D eigenvalue weighted by molar-refractivity contribution is 0.590. The molecule has 4 aromatic heterocycles. The van der Waals surface area contributed by atoms with Crippen molar-refractivity contribution in [3.05, 3.63) is 163 Å². The van der Waals surface area contributed by atoms with E-state index >= 15 is 0 Å². The van der Waals surface area contributed by atoms with Gasteiger partial charge in [0.25, 0.3) is 0 Å². The van der Waals surface area contributed by atoms with Gasteiger partial charge in [-0.2, -0.15) is 0 Å². The Balaban J connectivity index is 1.14. The van der Waals surface area contributed by atoms with Crippen molar-refractivity contribution in [1.82, 2.24) is 24.5 Å². The van der Waals surface area contributed by atoms with Gasteiger partial charge in [0.15, 0.2) is 17.5 Å². The minimum atomic E-state index is 0.0355. The molecule has 6 heteroatoms. The van der Waals surface area contributed by atoms with Gasteiger partial charge in [0.1, 0.15) is 17.0 Å². The van der Waals surface area contributed by atoms with E-state index < -0.39 is 0 Å². The fourth-order valence-electron chi connectivity index (χ4n) is 7.50. The van der Waals surface area contributed by atoms with Gasteiger partial charge in [0, 0.05) is 38.9 Å². The highest BCUT2D eigenvalue weighted by Crippen LogP contribution is 2.39. The number of para-hydroxylation sites is 2. The summed E-state index contributed by atoms with van der Waals surface area (Å²) in [5.41, 5.74) is 10.0. The molecule has 6 nitrogen and oxygen atoms in total. The summed E-state index contributed by atoms with van der Waals surface area (Å²) < 4.78 is 8.48. The fraction of sp³-hybridized carbons (Fsp3) is 0.0833. The maximum atomic E-state index is 6.25. The summed E-state index contributed by atoms with van der Waals surface area (Å²) in [6.07, 6.45) is 1.84. The molecule has 0 aliphatic rings. The summed E-state index contributed by atoms with van der Waals surface area (Å²) in [7, 11) is 0. The molecular formula is C48H35N5O. The first-order chi connectivity index (χ1) is 26.4. The molecule has 0 aliphatic carbocycles. The van der Waals surface area contributed by atoms with Crippen molar-refractivity contribution in [2.75, 3.05) is 0 Å². The second-order valence-corrected chi connectivity index (χ2v) is 14.8. The van der Waals surface area contributed by atoms with Gasteiger partial charge in [-0.15, -0.1) is 0 Å². The molecule has 6 aromatic carbocycles. The number of benzene rings is 6. The fourth-order valence-corrected chi connectivity index (χ4v) is 7.50. The largest absolute Gasteiger partial charge is 0.456 e. The number of furan rings is 1. The summed E-state index contributed by atoms with van der Waals surface area (Å²) in [6.45, 7) is 6.66. The van der Waals surface area contributed by atoms with Crippen LogP contribution in [-0.4, -0.2) is 24.5 Å². The Bertz CT molecular complexity index is 3020. The molecule has 0 unspecified atom stereocenters. The highest BCUT2D eigenvalue weighted by Gasteiger charge is 2.21. The number of hydrogen-bond donors (Lipinski definition) is 0. The molecule has 0 spiro atoms. The summed E-state index contributed by atoms with van der Waals surface area (Å²) in [6, 6.07) is 52.4. The molecule has 0 fully saturated rings. The average molecular weight is 698 g/mol. The molecule has 0 bridgehead atoms. The molecule has 54 heavy (non-hydrogen) atoms. The molecule has 0 N–H and O–H groups in total. The maximum Gasteiger partial charge on any atom is 0.167 e. The molecular weight excluding hydrogens is 663 g/mol. The van der Waals surface area contributed by atoms with Crippen LogP contribution in [0, 0.1) is 0 Å². The van der Waals surface area contributed by atoms with Crippen molar-refractivity contribution in [1.29, 1.82) is 0 Å². The normalized spacial score (nSPS) is 12.0. The maximum absolute atomic E-state index is 6.25. The second kappa shape index (κ2) is 12.3. The van der Waals surface area contributed by atoms with Crippen LogP contribution in [0.25, 0.3) is 94.9 Å². The first-order valence-electron chi connectivity index (χ1n) is 18.2. The zero-order valence-electron chi connectivity index (χ0n) is 30.2. The third-order valence-corrected chi connectivity index (χ3v) is 10.3. The molecule has 0 atom stereocenters. The van der Waals surface area contributed by atoms with E-state index in [2.05, 4.69) is 128 Å². The summed E-state index contributed by atoms with van der Waals surface area (Å²) in [5.74, 6) is 2.53. The summed E-state index contributed by atoms with van der Waals surface area (Å²) >= 11 is 0. The third-order valence-electron chi connectivity index (χ3n) is 10.3. The monoisotopic (exact) mass is 697 g/mol. The summed E-state index contributed by atoms with van der Waals surface area (Å²) in [4.78, 5) is 20.3. The van der Waals surface area contributed by atoms with Gasteiger partial charge in [0.2, 0.25) is 0 Å². The molecule has 0 radical (unpaired) electrons. The van der Waals surface area contributed by atoms with E-state index in [9.17, 15) is 0 Å². The van der Waals surface area contributed by atoms with Crippen molar-refractivity contribution >= 4 is 43.7 Å². The topological polar surface area (TPSA) is 69.6 Å². The van der Waals surface area contributed by atoms with Gasteiger partial charge < -0.3 is 4.42 Å². The standard InChI is InChI=1S/C48H35N5O/c1-48(2,3)34-23-19-31(20-24-34)45-50-44(30-12-5-4-6-13-30)51-46(52-45)38-16-11-27-49-47(38)53-40-17-9-7-14-35(40)39-28-32(22-26-41(39)53)33-21-25-37-36-15-8-10-18-42(36)54-43(37)29-33/h4-29H,1-3H3. The van der Waals surface area contributed by atoms with Crippen LogP contribution < -0.4 is 0 Å². The molecule has 0 amide bonds. The minimum absolute atomic E-state index is 0.0355. The Hall–Kier alpha value is -6.92. The van der Waals surface area contributed by atoms with Gasteiger partial charge in [0.05, 0.1) is 16.6 Å². The molecule has 258 valence electrons. The highest BCUT2D eigenvalue weighted by molar-refractivity contribution is 6.11. The van der Waals surface area contributed by atoms with Gasteiger partial charge in [-0.25, -0.2) is 19.9 Å². The lowest BCUT2D eigenvalue weighted by Crippen LogP contribution is -2.10. The molecule has 10 rings (SSSR count). The van der Waals surface area contributed by atoms with Gasteiger partial charge >= 0.3 is 0 Å². The molecule has 4 heterocycles. The van der Waals surface area contributed by atoms with Crippen molar-refractivity contribution in [2.45, 2.75) is 26.2 Å². The van der Waals surface area contributed by atoms with Crippen molar-refractivity contribution in [3.8, 4) is 51.1 Å². The Morgan fingerprint density at radius 2 is 1.07 bits per heavy atom. The van der Waals surface area contributed by atoms with E-state index in [0.717, 1.165) is 77.4 Å². The van der Waals surface area contributed by atoms with E-state index in [1.165, 1.54) is 5.56 Å². The van der Waals surface area contributed by atoms with Crippen LogP contribution in [0.1, 0.15) is 26.3 Å². The van der Waals surface area contributed by atoms with Crippen LogP contribution in [0.2, 0.25) is 0 Å².